The molecule has 1 heterocycles. The van der Waals surface area contributed by atoms with Gasteiger partial charge in [0.15, 0.2) is 5.96 Å². The zero-order chi connectivity index (χ0) is 18.4. The van der Waals surface area contributed by atoms with E-state index < -0.39 is 0 Å². The van der Waals surface area contributed by atoms with Gasteiger partial charge in [-0.05, 0) is 31.0 Å². The molecule has 3 rings (SSSR count). The van der Waals surface area contributed by atoms with Gasteiger partial charge in [-0.3, -0.25) is 4.99 Å². The zero-order valence-corrected chi connectivity index (χ0v) is 18.4. The van der Waals surface area contributed by atoms with Crippen LogP contribution in [0.3, 0.4) is 0 Å². The fourth-order valence-electron chi connectivity index (χ4n) is 3.30. The van der Waals surface area contributed by atoms with Crippen LogP contribution >= 0.6 is 24.0 Å². The molecule has 0 spiro atoms. The molecule has 1 saturated heterocycles. The van der Waals surface area contributed by atoms with Crippen LogP contribution in [-0.4, -0.2) is 55.7 Å². The van der Waals surface area contributed by atoms with Gasteiger partial charge in [-0.2, -0.15) is 0 Å². The zero-order valence-electron chi connectivity index (χ0n) is 16.1. The van der Waals surface area contributed by atoms with Crippen LogP contribution in [-0.2, 0) is 6.42 Å². The molecule has 0 atom stereocenters. The second kappa shape index (κ2) is 10.4. The lowest BCUT2D eigenvalue weighted by atomic mass is 10.1. The SMILES string of the molecule is CN=C(NCCc1ccc(C)cc1)N1CCN(c2ccccc2O)CC1.I. The standard InChI is InChI=1S/C21H28N4O.HI/c1-17-7-9-18(10-8-17)11-12-23-21(22-2)25-15-13-24(14-16-25)19-5-3-4-6-20(19)26;/h3-10,26H,11-16H2,1-2H3,(H,22,23);1H. The molecule has 2 aromatic rings. The lowest BCUT2D eigenvalue weighted by Crippen LogP contribution is -2.52. The molecular formula is C21H29IN4O. The average molecular weight is 480 g/mol. The van der Waals surface area contributed by atoms with Gasteiger partial charge in [0.2, 0.25) is 0 Å². The highest BCUT2D eigenvalue weighted by Gasteiger charge is 2.21. The summed E-state index contributed by atoms with van der Waals surface area (Å²) in [5, 5.41) is 13.5. The Labute approximate surface area is 179 Å². The second-order valence-electron chi connectivity index (χ2n) is 6.67. The van der Waals surface area contributed by atoms with Gasteiger partial charge in [0.1, 0.15) is 5.75 Å². The first kappa shape index (κ1) is 21.3. The maximum Gasteiger partial charge on any atom is 0.193 e. The number of anilines is 1. The number of aryl methyl sites for hydroxylation is 1. The first-order valence-electron chi connectivity index (χ1n) is 9.21. The lowest BCUT2D eigenvalue weighted by molar-refractivity contribution is 0.370. The maximum atomic E-state index is 10.0. The molecule has 0 amide bonds. The number of hydrogen-bond acceptors (Lipinski definition) is 3. The molecule has 1 aliphatic rings. The van der Waals surface area contributed by atoms with E-state index in [1.165, 1.54) is 11.1 Å². The summed E-state index contributed by atoms with van der Waals surface area (Å²) in [5.74, 6) is 1.30. The molecule has 5 nitrogen and oxygen atoms in total. The van der Waals surface area contributed by atoms with Crippen molar-refractivity contribution in [1.29, 1.82) is 0 Å². The number of aromatic hydroxyl groups is 1. The van der Waals surface area contributed by atoms with Crippen LogP contribution in [0.25, 0.3) is 0 Å². The molecule has 6 heteroatoms. The van der Waals surface area contributed by atoms with E-state index in [0.29, 0.717) is 5.75 Å². The van der Waals surface area contributed by atoms with Crippen LogP contribution in [0, 0.1) is 6.92 Å². The van der Waals surface area contributed by atoms with Gasteiger partial charge >= 0.3 is 0 Å². The normalized spacial score (nSPS) is 14.7. The van der Waals surface area contributed by atoms with Gasteiger partial charge in [-0.1, -0.05) is 42.0 Å². The number of para-hydroxylation sites is 2. The van der Waals surface area contributed by atoms with Crippen molar-refractivity contribution in [2.24, 2.45) is 4.99 Å². The lowest BCUT2D eigenvalue weighted by Gasteiger charge is -2.37. The summed E-state index contributed by atoms with van der Waals surface area (Å²) in [4.78, 5) is 8.95. The Morgan fingerprint density at radius 2 is 1.70 bits per heavy atom. The Morgan fingerprint density at radius 1 is 1.04 bits per heavy atom. The molecule has 0 unspecified atom stereocenters. The molecule has 0 radical (unpaired) electrons. The number of nitrogens with one attached hydrogen (secondary N) is 1. The van der Waals surface area contributed by atoms with E-state index in [9.17, 15) is 5.11 Å². The van der Waals surface area contributed by atoms with Crippen molar-refractivity contribution in [3.63, 3.8) is 0 Å². The van der Waals surface area contributed by atoms with Gasteiger partial charge in [0, 0.05) is 39.8 Å². The minimum Gasteiger partial charge on any atom is -0.506 e. The third kappa shape index (κ3) is 5.76. The summed E-state index contributed by atoms with van der Waals surface area (Å²) in [6.45, 7) is 6.50. The Balaban J connectivity index is 0.00000261. The number of aliphatic imine (C=N–C) groups is 1. The maximum absolute atomic E-state index is 10.0. The van der Waals surface area contributed by atoms with Gasteiger partial charge in [-0.15, -0.1) is 24.0 Å². The highest BCUT2D eigenvalue weighted by Crippen LogP contribution is 2.27. The Morgan fingerprint density at radius 3 is 2.33 bits per heavy atom. The number of phenolic OH excluding ortho intramolecular Hbond substituents is 1. The van der Waals surface area contributed by atoms with Crippen LogP contribution in [0.15, 0.2) is 53.5 Å². The molecule has 146 valence electrons. The summed E-state index contributed by atoms with van der Waals surface area (Å²) in [6, 6.07) is 16.2. The number of piperazine rings is 1. The summed E-state index contributed by atoms with van der Waals surface area (Å²) in [7, 11) is 1.84. The van der Waals surface area contributed by atoms with Crippen molar-refractivity contribution >= 4 is 35.6 Å². The molecule has 0 aliphatic carbocycles. The molecule has 1 fully saturated rings. The van der Waals surface area contributed by atoms with Crippen LogP contribution in [0.2, 0.25) is 0 Å². The molecule has 2 N–H and O–H groups in total. The molecule has 2 aromatic carbocycles. The van der Waals surface area contributed by atoms with Crippen LogP contribution in [0.1, 0.15) is 11.1 Å². The smallest absolute Gasteiger partial charge is 0.193 e. The number of hydrogen-bond donors (Lipinski definition) is 2. The van der Waals surface area contributed by atoms with E-state index in [1.807, 2.05) is 25.2 Å². The first-order valence-corrected chi connectivity index (χ1v) is 9.21. The van der Waals surface area contributed by atoms with E-state index in [1.54, 1.807) is 6.07 Å². The van der Waals surface area contributed by atoms with E-state index in [2.05, 4.69) is 51.3 Å². The largest absolute Gasteiger partial charge is 0.506 e. The topological polar surface area (TPSA) is 51.1 Å². The highest BCUT2D eigenvalue weighted by molar-refractivity contribution is 14.0. The monoisotopic (exact) mass is 480 g/mol. The fourth-order valence-corrected chi connectivity index (χ4v) is 3.30. The number of nitrogens with zero attached hydrogens (tertiary/aromatic N) is 3. The van der Waals surface area contributed by atoms with Crippen LogP contribution in [0.5, 0.6) is 5.75 Å². The predicted octanol–water partition coefficient (Wildman–Crippen LogP) is 3.26. The number of halogens is 1. The van der Waals surface area contributed by atoms with Crippen molar-refractivity contribution in [3.8, 4) is 5.75 Å². The van der Waals surface area contributed by atoms with Crippen LogP contribution < -0.4 is 10.2 Å². The van der Waals surface area contributed by atoms with Crippen LogP contribution in [0.4, 0.5) is 5.69 Å². The van der Waals surface area contributed by atoms with E-state index in [4.69, 9.17) is 0 Å². The summed E-state index contributed by atoms with van der Waals surface area (Å²) < 4.78 is 0. The third-order valence-electron chi connectivity index (χ3n) is 4.83. The Hall–Kier alpha value is -1.96. The van der Waals surface area contributed by atoms with Crippen molar-refractivity contribution in [1.82, 2.24) is 10.2 Å². The summed E-state index contributed by atoms with van der Waals surface area (Å²) in [5.41, 5.74) is 3.54. The van der Waals surface area contributed by atoms with Gasteiger partial charge in [0.05, 0.1) is 5.69 Å². The average Bonchev–Trinajstić information content (AvgIpc) is 2.67. The molecule has 0 bridgehead atoms. The molecule has 27 heavy (non-hydrogen) atoms. The minimum atomic E-state index is 0. The predicted molar refractivity (Wildman–Crippen MR) is 124 cm³/mol. The number of rotatable bonds is 4. The van der Waals surface area contributed by atoms with Crippen molar-refractivity contribution in [2.75, 3.05) is 44.7 Å². The van der Waals surface area contributed by atoms with Crippen molar-refractivity contribution in [3.05, 3.63) is 59.7 Å². The quantitative estimate of drug-likeness (QED) is 0.401. The van der Waals surface area contributed by atoms with Gasteiger partial charge < -0.3 is 20.2 Å². The van der Waals surface area contributed by atoms with Gasteiger partial charge in [0.25, 0.3) is 0 Å². The number of benzene rings is 2. The van der Waals surface area contributed by atoms with Crippen molar-refractivity contribution in [2.45, 2.75) is 13.3 Å². The highest BCUT2D eigenvalue weighted by atomic mass is 127. The van der Waals surface area contributed by atoms with E-state index in [0.717, 1.165) is 50.8 Å². The second-order valence-corrected chi connectivity index (χ2v) is 6.67. The van der Waals surface area contributed by atoms with E-state index in [-0.39, 0.29) is 24.0 Å². The van der Waals surface area contributed by atoms with Gasteiger partial charge in [-0.25, -0.2) is 0 Å². The minimum absolute atomic E-state index is 0. The summed E-state index contributed by atoms with van der Waals surface area (Å²) in [6.07, 6.45) is 0.983. The molecule has 0 aromatic heterocycles. The number of phenols is 1. The third-order valence-corrected chi connectivity index (χ3v) is 4.83. The Bertz CT molecular complexity index is 740. The molecular weight excluding hydrogens is 451 g/mol. The molecule has 0 saturated carbocycles. The molecule has 1 aliphatic heterocycles. The Kier molecular flexibility index (Phi) is 8.22. The number of guanidine groups is 1. The van der Waals surface area contributed by atoms with E-state index >= 15 is 0 Å². The fraction of sp³-hybridized carbons (Fsp3) is 0.381. The van der Waals surface area contributed by atoms with Crippen molar-refractivity contribution < 1.29 is 5.11 Å². The first-order chi connectivity index (χ1) is 12.7. The summed E-state index contributed by atoms with van der Waals surface area (Å²) >= 11 is 0.